The maximum Gasteiger partial charge on any atom is 0.293 e. The SMILES string of the molecule is CCCC(OC=O)C(=O)[C@@H](N)Cc1c[nH]c2ccccc12. The minimum absolute atomic E-state index is 0.228. The highest BCUT2D eigenvalue weighted by Crippen LogP contribution is 2.19. The number of H-pyrrole nitrogens is 1. The number of benzene rings is 1. The van der Waals surface area contributed by atoms with E-state index < -0.39 is 12.1 Å². The van der Waals surface area contributed by atoms with Crippen molar-refractivity contribution < 1.29 is 14.3 Å². The molecule has 0 saturated carbocycles. The molecule has 3 N–H and O–H groups in total. The molecule has 2 aromatic rings. The van der Waals surface area contributed by atoms with E-state index in [-0.39, 0.29) is 5.78 Å². The van der Waals surface area contributed by atoms with E-state index in [1.165, 1.54) is 0 Å². The van der Waals surface area contributed by atoms with Crippen LogP contribution >= 0.6 is 0 Å². The molecular weight excluding hydrogens is 268 g/mol. The Labute approximate surface area is 123 Å². The predicted molar refractivity (Wildman–Crippen MR) is 80.8 cm³/mol. The highest BCUT2D eigenvalue weighted by molar-refractivity contribution is 5.90. The maximum absolute atomic E-state index is 12.3. The average Bonchev–Trinajstić information content (AvgIpc) is 2.89. The van der Waals surface area contributed by atoms with Gasteiger partial charge in [0.25, 0.3) is 6.47 Å². The number of para-hydroxylation sites is 1. The molecule has 0 radical (unpaired) electrons. The second-order valence-corrected chi connectivity index (χ2v) is 5.08. The summed E-state index contributed by atoms with van der Waals surface area (Å²) in [6.45, 7) is 2.25. The summed E-state index contributed by atoms with van der Waals surface area (Å²) < 4.78 is 4.85. The number of ether oxygens (including phenoxy) is 1. The first-order valence-corrected chi connectivity index (χ1v) is 7.10. The summed E-state index contributed by atoms with van der Waals surface area (Å²) >= 11 is 0. The van der Waals surface area contributed by atoms with Gasteiger partial charge < -0.3 is 15.5 Å². The number of nitrogens with one attached hydrogen (secondary N) is 1. The molecule has 0 amide bonds. The summed E-state index contributed by atoms with van der Waals surface area (Å²) in [5, 5.41) is 1.06. The Hall–Kier alpha value is -2.14. The maximum atomic E-state index is 12.3. The molecular formula is C16H20N2O3. The van der Waals surface area contributed by atoms with Gasteiger partial charge in [-0.05, 0) is 24.5 Å². The largest absolute Gasteiger partial charge is 0.457 e. The highest BCUT2D eigenvalue weighted by atomic mass is 16.5. The first-order chi connectivity index (χ1) is 10.2. The van der Waals surface area contributed by atoms with E-state index >= 15 is 0 Å². The molecule has 5 heteroatoms. The second-order valence-electron chi connectivity index (χ2n) is 5.08. The Kier molecular flexibility index (Phi) is 5.11. The lowest BCUT2D eigenvalue weighted by Gasteiger charge is -2.17. The fourth-order valence-electron chi connectivity index (χ4n) is 2.48. The monoisotopic (exact) mass is 288 g/mol. The predicted octanol–water partition coefficient (Wildman–Crippen LogP) is 1.95. The van der Waals surface area contributed by atoms with E-state index in [1.807, 2.05) is 37.4 Å². The van der Waals surface area contributed by atoms with Crippen LogP contribution < -0.4 is 5.73 Å². The van der Waals surface area contributed by atoms with Gasteiger partial charge in [0.2, 0.25) is 0 Å². The number of carbonyl (C=O) groups excluding carboxylic acids is 2. The number of hydrogen-bond acceptors (Lipinski definition) is 4. The van der Waals surface area contributed by atoms with Crippen molar-refractivity contribution in [2.24, 2.45) is 5.73 Å². The molecule has 1 heterocycles. The Morgan fingerprint density at radius 3 is 2.90 bits per heavy atom. The molecule has 0 fully saturated rings. The Morgan fingerprint density at radius 1 is 1.43 bits per heavy atom. The number of ketones is 1. The normalized spacial score (nSPS) is 13.8. The Morgan fingerprint density at radius 2 is 2.19 bits per heavy atom. The van der Waals surface area contributed by atoms with E-state index in [0.717, 1.165) is 22.9 Å². The zero-order chi connectivity index (χ0) is 15.2. The lowest BCUT2D eigenvalue weighted by Crippen LogP contribution is -2.41. The van der Waals surface area contributed by atoms with Crippen molar-refractivity contribution in [3.8, 4) is 0 Å². The molecule has 0 aliphatic rings. The number of carbonyl (C=O) groups is 2. The second kappa shape index (κ2) is 7.04. The van der Waals surface area contributed by atoms with Crippen molar-refractivity contribution in [1.82, 2.24) is 4.98 Å². The van der Waals surface area contributed by atoms with Crippen LogP contribution in [0.2, 0.25) is 0 Å². The van der Waals surface area contributed by atoms with Gasteiger partial charge in [0, 0.05) is 17.1 Å². The van der Waals surface area contributed by atoms with Gasteiger partial charge in [-0.3, -0.25) is 9.59 Å². The molecule has 112 valence electrons. The van der Waals surface area contributed by atoms with Crippen LogP contribution in [0.5, 0.6) is 0 Å². The lowest BCUT2D eigenvalue weighted by molar-refractivity contribution is -0.144. The first kappa shape index (κ1) is 15.3. The molecule has 2 atom stereocenters. The zero-order valence-electron chi connectivity index (χ0n) is 12.0. The number of nitrogens with two attached hydrogens (primary N) is 1. The number of hydrogen-bond donors (Lipinski definition) is 2. The van der Waals surface area contributed by atoms with Crippen LogP contribution in [0.15, 0.2) is 30.5 Å². The summed E-state index contributed by atoms with van der Waals surface area (Å²) in [5.74, 6) is -0.228. The number of rotatable bonds is 8. The molecule has 0 spiro atoms. The third-order valence-electron chi connectivity index (χ3n) is 3.57. The van der Waals surface area contributed by atoms with Crippen molar-refractivity contribution in [3.05, 3.63) is 36.0 Å². The van der Waals surface area contributed by atoms with E-state index in [0.29, 0.717) is 19.3 Å². The van der Waals surface area contributed by atoms with Crippen LogP contribution in [0, 0.1) is 0 Å². The van der Waals surface area contributed by atoms with Gasteiger partial charge in [-0.25, -0.2) is 0 Å². The van der Waals surface area contributed by atoms with Gasteiger partial charge in [0.15, 0.2) is 11.9 Å². The van der Waals surface area contributed by atoms with Crippen molar-refractivity contribution in [3.63, 3.8) is 0 Å². The van der Waals surface area contributed by atoms with Crippen LogP contribution in [-0.2, 0) is 20.7 Å². The summed E-state index contributed by atoms with van der Waals surface area (Å²) in [6, 6.07) is 7.18. The van der Waals surface area contributed by atoms with E-state index in [9.17, 15) is 9.59 Å². The van der Waals surface area contributed by atoms with Crippen LogP contribution in [0.4, 0.5) is 0 Å². The van der Waals surface area contributed by atoms with E-state index in [1.54, 1.807) is 0 Å². The van der Waals surface area contributed by atoms with Crippen molar-refractivity contribution in [1.29, 1.82) is 0 Å². The summed E-state index contributed by atoms with van der Waals surface area (Å²) in [7, 11) is 0. The van der Waals surface area contributed by atoms with Crippen LogP contribution in [0.3, 0.4) is 0 Å². The molecule has 0 bridgehead atoms. The van der Waals surface area contributed by atoms with Gasteiger partial charge in [-0.15, -0.1) is 0 Å². The molecule has 0 aliphatic heterocycles. The molecule has 5 nitrogen and oxygen atoms in total. The third kappa shape index (κ3) is 3.49. The highest BCUT2D eigenvalue weighted by Gasteiger charge is 2.25. The minimum Gasteiger partial charge on any atom is -0.457 e. The van der Waals surface area contributed by atoms with Crippen molar-refractivity contribution in [2.45, 2.75) is 38.3 Å². The van der Waals surface area contributed by atoms with E-state index in [2.05, 4.69) is 4.98 Å². The Bertz CT molecular complexity index is 621. The molecule has 2 rings (SSSR count). The average molecular weight is 288 g/mol. The first-order valence-electron chi connectivity index (χ1n) is 7.10. The summed E-state index contributed by atoms with van der Waals surface area (Å²) in [5.41, 5.74) is 8.01. The van der Waals surface area contributed by atoms with Gasteiger partial charge in [0.05, 0.1) is 6.04 Å². The number of aromatic nitrogens is 1. The minimum atomic E-state index is -0.743. The fraction of sp³-hybridized carbons (Fsp3) is 0.375. The van der Waals surface area contributed by atoms with Gasteiger partial charge in [0.1, 0.15) is 0 Å². The van der Waals surface area contributed by atoms with Crippen molar-refractivity contribution >= 4 is 23.2 Å². The number of aromatic amines is 1. The van der Waals surface area contributed by atoms with E-state index in [4.69, 9.17) is 10.5 Å². The number of Topliss-reactive ketones (excluding diaryl/α,β-unsaturated/α-hetero) is 1. The quantitative estimate of drug-likeness (QED) is 0.727. The summed E-state index contributed by atoms with van der Waals surface area (Å²) in [6.07, 6.45) is 2.80. The molecule has 1 unspecified atom stereocenters. The fourth-order valence-corrected chi connectivity index (χ4v) is 2.48. The molecule has 0 aliphatic carbocycles. The third-order valence-corrected chi connectivity index (χ3v) is 3.57. The topological polar surface area (TPSA) is 85.2 Å². The standard InChI is InChI=1S/C16H20N2O3/c1-2-5-15(21-10-19)16(20)13(17)8-11-9-18-14-7-4-3-6-12(11)14/h3-4,6-7,9-10,13,15,18H,2,5,8,17H2,1H3/t13-,15?/m0/s1. The van der Waals surface area contributed by atoms with Gasteiger partial charge in [-0.2, -0.15) is 0 Å². The molecule has 1 aromatic carbocycles. The van der Waals surface area contributed by atoms with Gasteiger partial charge in [-0.1, -0.05) is 31.5 Å². The molecule has 0 saturated heterocycles. The Balaban J connectivity index is 2.11. The van der Waals surface area contributed by atoms with Gasteiger partial charge >= 0.3 is 0 Å². The van der Waals surface area contributed by atoms with Crippen LogP contribution in [-0.4, -0.2) is 29.4 Å². The summed E-state index contributed by atoms with van der Waals surface area (Å²) in [4.78, 5) is 25.9. The van der Waals surface area contributed by atoms with Crippen LogP contribution in [0.1, 0.15) is 25.3 Å². The molecule has 21 heavy (non-hydrogen) atoms. The van der Waals surface area contributed by atoms with Crippen LogP contribution in [0.25, 0.3) is 10.9 Å². The number of fused-ring (bicyclic) bond motifs is 1. The molecule has 1 aromatic heterocycles. The van der Waals surface area contributed by atoms with Crippen molar-refractivity contribution in [2.75, 3.05) is 0 Å². The zero-order valence-corrected chi connectivity index (χ0v) is 12.0. The lowest BCUT2D eigenvalue weighted by atomic mass is 9.97. The smallest absolute Gasteiger partial charge is 0.293 e.